The number of benzene rings is 2. The third-order valence-electron chi connectivity index (χ3n) is 4.92. The van der Waals surface area contributed by atoms with Gasteiger partial charge in [-0.25, -0.2) is 31.1 Å². The molecule has 0 saturated carbocycles. The van der Waals surface area contributed by atoms with Gasteiger partial charge in [-0.1, -0.05) is 0 Å². The lowest BCUT2D eigenvalue weighted by Crippen LogP contribution is -2.43. The van der Waals surface area contributed by atoms with Gasteiger partial charge >= 0.3 is 11.9 Å². The van der Waals surface area contributed by atoms with E-state index in [2.05, 4.69) is 0 Å². The molecule has 2 aromatic rings. The fourth-order valence-corrected chi connectivity index (χ4v) is 3.42. The minimum Gasteiger partial charge on any atom is -0.478 e. The number of ether oxygens (including phenoxy) is 1. The number of carboxylic acids is 1. The van der Waals surface area contributed by atoms with Crippen LogP contribution in [0.3, 0.4) is 0 Å². The van der Waals surface area contributed by atoms with Crippen LogP contribution in [0.25, 0.3) is 5.57 Å². The Labute approximate surface area is 183 Å². The Morgan fingerprint density at radius 1 is 0.941 bits per heavy atom. The van der Waals surface area contributed by atoms with Crippen molar-refractivity contribution in [2.75, 3.05) is 4.90 Å². The molecule has 1 heterocycles. The molecule has 0 amide bonds. The number of halogens is 8. The summed E-state index contributed by atoms with van der Waals surface area (Å²) < 4.78 is 118. The summed E-state index contributed by atoms with van der Waals surface area (Å²) in [6.45, 7) is 0. The monoisotopic (exact) mass is 489 g/mol. The maximum absolute atomic E-state index is 15.0. The van der Waals surface area contributed by atoms with E-state index in [4.69, 9.17) is 4.74 Å². The van der Waals surface area contributed by atoms with Crippen LogP contribution in [0.1, 0.15) is 5.56 Å². The highest BCUT2D eigenvalue weighted by Gasteiger charge is 2.54. The molecular formula is C21H7F8NO4. The number of fused-ring (bicyclic) bond motifs is 1. The molecule has 0 spiro atoms. The van der Waals surface area contributed by atoms with Crippen molar-refractivity contribution in [1.29, 1.82) is 0 Å². The van der Waals surface area contributed by atoms with Crippen molar-refractivity contribution in [3.8, 4) is 5.75 Å². The van der Waals surface area contributed by atoms with Gasteiger partial charge in [0, 0.05) is 17.8 Å². The van der Waals surface area contributed by atoms with Crippen molar-refractivity contribution in [1.82, 2.24) is 0 Å². The van der Waals surface area contributed by atoms with E-state index < -0.39 is 75.0 Å². The largest absolute Gasteiger partial charge is 0.478 e. The number of allylic oxidation sites excluding steroid dienone is 3. The Hall–Kier alpha value is -4.16. The first-order chi connectivity index (χ1) is 15.9. The highest BCUT2D eigenvalue weighted by molar-refractivity contribution is 6.18. The number of rotatable bonds is 3. The predicted molar refractivity (Wildman–Crippen MR) is 97.5 cm³/mol. The van der Waals surface area contributed by atoms with Gasteiger partial charge in [0.05, 0.1) is 16.9 Å². The molecule has 0 fully saturated rings. The van der Waals surface area contributed by atoms with Crippen LogP contribution in [0.5, 0.6) is 5.75 Å². The van der Waals surface area contributed by atoms with E-state index in [1.807, 2.05) is 0 Å². The molecule has 0 radical (unpaired) electrons. The van der Waals surface area contributed by atoms with Gasteiger partial charge in [0.2, 0.25) is 5.82 Å². The normalized spacial score (nSPS) is 16.9. The summed E-state index contributed by atoms with van der Waals surface area (Å²) in [4.78, 5) is 24.8. The van der Waals surface area contributed by atoms with E-state index in [9.17, 15) is 49.8 Å². The van der Waals surface area contributed by atoms with Crippen LogP contribution >= 0.6 is 0 Å². The molecule has 0 bridgehead atoms. The minimum atomic E-state index is -4.97. The number of hydrogen-bond acceptors (Lipinski definition) is 4. The number of nitrogens with zero attached hydrogens (tertiary/aromatic N) is 1. The van der Waals surface area contributed by atoms with Crippen molar-refractivity contribution >= 4 is 23.0 Å². The second-order valence-electron chi connectivity index (χ2n) is 6.86. The third kappa shape index (κ3) is 3.23. The van der Waals surface area contributed by atoms with Gasteiger partial charge in [0.1, 0.15) is 17.7 Å². The van der Waals surface area contributed by atoms with Gasteiger partial charge in [-0.15, -0.1) is 0 Å². The number of anilines is 1. The molecule has 2 aliphatic rings. The zero-order valence-electron chi connectivity index (χ0n) is 16.1. The fourth-order valence-electron chi connectivity index (χ4n) is 3.42. The fraction of sp³-hybridized carbons (Fsp3) is 0.0476. The van der Waals surface area contributed by atoms with Crippen molar-refractivity contribution in [2.24, 2.45) is 0 Å². The van der Waals surface area contributed by atoms with Crippen LogP contribution in [0.4, 0.5) is 40.8 Å². The van der Waals surface area contributed by atoms with Gasteiger partial charge in [-0.05, 0) is 18.2 Å². The summed E-state index contributed by atoms with van der Waals surface area (Å²) in [7, 11) is 0. The molecule has 0 unspecified atom stereocenters. The Morgan fingerprint density at radius 3 is 2.12 bits per heavy atom. The quantitative estimate of drug-likeness (QED) is 0.380. The van der Waals surface area contributed by atoms with Crippen LogP contribution in [-0.2, 0) is 9.59 Å². The Balaban J connectivity index is 2.06. The summed E-state index contributed by atoms with van der Waals surface area (Å²) in [6, 6.07) is 2.64. The molecule has 0 saturated heterocycles. The average Bonchev–Trinajstić information content (AvgIpc) is 2.77. The van der Waals surface area contributed by atoms with Gasteiger partial charge in [-0.2, -0.15) is 8.78 Å². The highest BCUT2D eigenvalue weighted by Crippen LogP contribution is 2.45. The van der Waals surface area contributed by atoms with E-state index in [-0.39, 0.29) is 17.5 Å². The first kappa shape index (κ1) is 23.0. The predicted octanol–water partition coefficient (Wildman–Crippen LogP) is 4.83. The number of carbonyl (C=O) groups excluding carboxylic acids is 1. The molecule has 34 heavy (non-hydrogen) atoms. The Morgan fingerprint density at radius 2 is 1.53 bits per heavy atom. The Kier molecular flexibility index (Phi) is 5.22. The molecule has 1 aliphatic heterocycles. The maximum atomic E-state index is 15.0. The van der Waals surface area contributed by atoms with Crippen LogP contribution in [0.15, 0.2) is 48.0 Å². The second kappa shape index (κ2) is 7.71. The second-order valence-corrected chi connectivity index (χ2v) is 6.86. The topological polar surface area (TPSA) is 66.8 Å². The number of Topliss-reactive ketones (excluding diaryl/α,β-unsaturated/α-hetero) is 1. The van der Waals surface area contributed by atoms with Crippen molar-refractivity contribution in [2.45, 2.75) is 5.92 Å². The van der Waals surface area contributed by atoms with E-state index in [0.29, 0.717) is 4.90 Å². The molecular weight excluding hydrogens is 482 g/mol. The SMILES string of the molecule is O=C(O)C1=C(c2c(F)c(F)c(F)c(F)c2F)C=C(N2C=COc3cc(F)ccc32)C(=O)C1(F)F. The van der Waals surface area contributed by atoms with Crippen LogP contribution in [0.2, 0.25) is 0 Å². The lowest BCUT2D eigenvalue weighted by molar-refractivity contribution is -0.144. The van der Waals surface area contributed by atoms with Crippen molar-refractivity contribution in [3.63, 3.8) is 0 Å². The summed E-state index contributed by atoms with van der Waals surface area (Å²) in [6.07, 6.45) is 1.93. The number of carbonyl (C=O) groups is 2. The molecule has 4 rings (SSSR count). The molecule has 0 aromatic heterocycles. The lowest BCUT2D eigenvalue weighted by Gasteiger charge is -2.32. The summed E-state index contributed by atoms with van der Waals surface area (Å²) in [5.41, 5.74) is -7.17. The number of hydrogen-bond donors (Lipinski definition) is 1. The van der Waals surface area contributed by atoms with E-state index in [0.717, 1.165) is 30.7 Å². The zero-order chi connectivity index (χ0) is 25.1. The summed E-state index contributed by atoms with van der Waals surface area (Å²) >= 11 is 0. The van der Waals surface area contributed by atoms with Crippen LogP contribution < -0.4 is 9.64 Å². The lowest BCUT2D eigenvalue weighted by atomic mass is 9.86. The molecule has 176 valence electrons. The summed E-state index contributed by atoms with van der Waals surface area (Å²) in [5, 5.41) is 9.27. The number of carboxylic acid groups (broad SMARTS) is 1. The van der Waals surface area contributed by atoms with Gasteiger partial charge in [0.25, 0.3) is 5.78 Å². The molecule has 1 N–H and O–H groups in total. The number of alkyl halides is 2. The van der Waals surface area contributed by atoms with Crippen LogP contribution in [0, 0.1) is 34.9 Å². The van der Waals surface area contributed by atoms with Gasteiger partial charge in [-0.3, -0.25) is 4.79 Å². The van der Waals surface area contributed by atoms with Crippen LogP contribution in [-0.4, -0.2) is 22.8 Å². The first-order valence-corrected chi connectivity index (χ1v) is 8.94. The van der Waals surface area contributed by atoms with Gasteiger partial charge < -0.3 is 14.7 Å². The van der Waals surface area contributed by atoms with E-state index in [1.54, 1.807) is 0 Å². The highest BCUT2D eigenvalue weighted by atomic mass is 19.3. The van der Waals surface area contributed by atoms with Gasteiger partial charge in [0.15, 0.2) is 29.0 Å². The van der Waals surface area contributed by atoms with Crippen molar-refractivity contribution < 1.29 is 54.6 Å². The number of aliphatic carboxylic acids is 1. The molecule has 0 atom stereocenters. The Bertz CT molecular complexity index is 1350. The van der Waals surface area contributed by atoms with Crippen molar-refractivity contribution in [3.05, 3.63) is 88.5 Å². The summed E-state index contributed by atoms with van der Waals surface area (Å²) in [5.74, 6) is -23.6. The molecule has 1 aliphatic carbocycles. The third-order valence-corrected chi connectivity index (χ3v) is 4.92. The zero-order valence-corrected chi connectivity index (χ0v) is 16.1. The minimum absolute atomic E-state index is 0.227. The standard InChI is InChI=1S/C21H7F8NO4/c22-7-1-2-9-11(5-7)34-4-3-30(9)10-6-8(13(20(32)33)21(28,29)19(10)31)12-14(23)16(25)18(27)17(26)15(12)24/h1-6H,(H,32,33). The molecule has 13 heteroatoms. The number of ketones is 1. The van der Waals surface area contributed by atoms with E-state index >= 15 is 0 Å². The average molecular weight is 489 g/mol. The smallest absolute Gasteiger partial charge is 0.344 e. The first-order valence-electron chi connectivity index (χ1n) is 8.94. The maximum Gasteiger partial charge on any atom is 0.344 e. The molecule has 5 nitrogen and oxygen atoms in total. The van der Waals surface area contributed by atoms with E-state index in [1.165, 1.54) is 0 Å². The molecule has 2 aromatic carbocycles.